The van der Waals surface area contributed by atoms with Gasteiger partial charge in [-0.25, -0.2) is 14.8 Å². The molecule has 2 N–H and O–H groups in total. The Morgan fingerprint density at radius 3 is 2.31 bits per heavy atom. The Labute approximate surface area is 320 Å². The Kier molecular flexibility index (Phi) is 10.5. The first-order valence-electron chi connectivity index (χ1n) is 19.8. The molecule has 0 unspecified atom stereocenters. The number of pyridine rings is 2. The molecule has 14 nitrogen and oxygen atoms in total. The van der Waals surface area contributed by atoms with Crippen LogP contribution in [0.4, 0.5) is 33.6 Å². The number of carbonyl (C=O) groups is 3. The maximum Gasteiger partial charge on any atom is 0.328 e. The number of nitrogens with zero attached hydrogens (tertiary/aromatic N) is 8. The van der Waals surface area contributed by atoms with Crippen molar-refractivity contribution < 1.29 is 14.4 Å². The number of piperidine rings is 1. The van der Waals surface area contributed by atoms with Crippen LogP contribution in [0.15, 0.2) is 53.6 Å². The normalized spacial score (nSPS) is 19.0. The minimum atomic E-state index is -0.348. The van der Waals surface area contributed by atoms with Crippen LogP contribution in [0.1, 0.15) is 80.3 Å². The van der Waals surface area contributed by atoms with Crippen molar-refractivity contribution in [2.45, 2.75) is 71.3 Å². The topological polar surface area (TPSA) is 149 Å². The maximum absolute atomic E-state index is 13.6. The lowest BCUT2D eigenvalue weighted by Gasteiger charge is -2.38. The lowest BCUT2D eigenvalue weighted by atomic mass is 9.93. The molecule has 0 radical (unpaired) electrons. The van der Waals surface area contributed by atoms with E-state index >= 15 is 0 Å². The highest BCUT2D eigenvalue weighted by Gasteiger charge is 2.28. The Morgan fingerprint density at radius 1 is 0.855 bits per heavy atom. The number of hydrogen-bond donors (Lipinski definition) is 2. The van der Waals surface area contributed by atoms with Crippen LogP contribution in [0.25, 0.3) is 11.0 Å². The smallest absolute Gasteiger partial charge is 0.328 e. The van der Waals surface area contributed by atoms with Crippen LogP contribution in [-0.2, 0) is 4.79 Å². The highest BCUT2D eigenvalue weighted by molar-refractivity contribution is 6.05. The van der Waals surface area contributed by atoms with Gasteiger partial charge in [0, 0.05) is 81.2 Å². The molecule has 4 aliphatic rings. The zero-order chi connectivity index (χ0) is 38.1. The number of piperazine rings is 1. The first-order chi connectivity index (χ1) is 26.7. The van der Waals surface area contributed by atoms with Gasteiger partial charge >= 0.3 is 6.03 Å². The number of fused-ring (bicyclic) bond motifs is 1. The minimum Gasteiger partial charge on any atom is -0.371 e. The second-order valence-electron chi connectivity index (χ2n) is 15.4. The van der Waals surface area contributed by atoms with Gasteiger partial charge in [-0.2, -0.15) is 4.98 Å². The standard InChI is InChI=1S/C41H50N10O4/c1-27-34-26-43-40(46-38(34)51(30-6-3-4-7-30)39(54)37(27)28(2)52)44-35-11-10-33(25-42-35)49-22-20-47(21-23-49)16-12-29-13-17-48(18-14-29)31-8-5-9-32(24-31)50-19-15-36(53)45-41(50)55/h5,8-11,24-26,29-30H,3-4,6-7,12-23H2,1-2H3,(H,45,53,55)(H,42,43,44,46). The Morgan fingerprint density at radius 2 is 1.60 bits per heavy atom. The van der Waals surface area contributed by atoms with Gasteiger partial charge in [0.05, 0.1) is 17.4 Å². The Hall–Kier alpha value is -5.37. The molecule has 3 amide bonds. The highest BCUT2D eigenvalue weighted by atomic mass is 16.2. The highest BCUT2D eigenvalue weighted by Crippen LogP contribution is 2.33. The van der Waals surface area contributed by atoms with Gasteiger partial charge < -0.3 is 15.1 Å². The Balaban J connectivity index is 0.818. The summed E-state index contributed by atoms with van der Waals surface area (Å²) in [6.07, 6.45) is 11.3. The van der Waals surface area contributed by atoms with E-state index in [1.54, 1.807) is 22.6 Å². The van der Waals surface area contributed by atoms with Gasteiger partial charge in [-0.3, -0.25) is 34.1 Å². The molecule has 1 aromatic carbocycles. The summed E-state index contributed by atoms with van der Waals surface area (Å²) in [6.45, 7) is 10.7. The number of rotatable bonds is 10. The van der Waals surface area contributed by atoms with Gasteiger partial charge in [0.15, 0.2) is 5.78 Å². The summed E-state index contributed by atoms with van der Waals surface area (Å²) in [5.41, 5.74) is 4.20. The summed E-state index contributed by atoms with van der Waals surface area (Å²) in [5, 5.41) is 6.37. The van der Waals surface area contributed by atoms with E-state index in [2.05, 4.69) is 53.5 Å². The molecule has 4 aromatic rings. The van der Waals surface area contributed by atoms with Gasteiger partial charge in [-0.05, 0) is 94.3 Å². The zero-order valence-corrected chi connectivity index (χ0v) is 31.8. The largest absolute Gasteiger partial charge is 0.371 e. The second-order valence-corrected chi connectivity index (χ2v) is 15.4. The van der Waals surface area contributed by atoms with Crippen LogP contribution in [0, 0.1) is 12.8 Å². The number of anilines is 5. The zero-order valence-electron chi connectivity index (χ0n) is 31.8. The van der Waals surface area contributed by atoms with Crippen LogP contribution in [0.5, 0.6) is 0 Å². The number of ketones is 1. The molecule has 4 fully saturated rings. The van der Waals surface area contributed by atoms with Crippen molar-refractivity contribution in [3.63, 3.8) is 0 Å². The van der Waals surface area contributed by atoms with E-state index in [-0.39, 0.29) is 34.9 Å². The number of amides is 3. The summed E-state index contributed by atoms with van der Waals surface area (Å²) < 4.78 is 1.73. The molecule has 55 heavy (non-hydrogen) atoms. The number of carbonyl (C=O) groups excluding carboxylic acids is 3. The molecule has 1 saturated carbocycles. The molecule has 0 atom stereocenters. The number of Topliss-reactive ketones (excluding diaryl/α,β-unsaturated/α-hetero) is 1. The third kappa shape index (κ3) is 7.77. The van der Waals surface area contributed by atoms with E-state index in [9.17, 15) is 19.2 Å². The van der Waals surface area contributed by atoms with E-state index < -0.39 is 0 Å². The Bertz CT molecular complexity index is 2130. The summed E-state index contributed by atoms with van der Waals surface area (Å²) in [4.78, 5) is 73.0. The summed E-state index contributed by atoms with van der Waals surface area (Å²) in [5.74, 6) is 1.24. The molecule has 3 aromatic heterocycles. The third-order valence-corrected chi connectivity index (χ3v) is 12.0. The molecule has 0 spiro atoms. The molecular weight excluding hydrogens is 697 g/mol. The number of aryl methyl sites for hydroxylation is 1. The number of hydrogen-bond acceptors (Lipinski definition) is 11. The van der Waals surface area contributed by atoms with Crippen LogP contribution < -0.4 is 30.9 Å². The predicted molar refractivity (Wildman–Crippen MR) is 214 cm³/mol. The fourth-order valence-electron chi connectivity index (χ4n) is 8.81. The van der Waals surface area contributed by atoms with Crippen LogP contribution >= 0.6 is 0 Å². The second kappa shape index (κ2) is 15.8. The van der Waals surface area contributed by atoms with Crippen LogP contribution in [0.3, 0.4) is 0 Å². The number of nitrogens with one attached hydrogen (secondary N) is 2. The van der Waals surface area contributed by atoms with Crippen molar-refractivity contribution in [1.29, 1.82) is 0 Å². The lowest BCUT2D eigenvalue weighted by molar-refractivity contribution is -0.120. The molecule has 3 aliphatic heterocycles. The van der Waals surface area contributed by atoms with Gasteiger partial charge in [-0.1, -0.05) is 18.9 Å². The van der Waals surface area contributed by atoms with E-state index in [1.807, 2.05) is 24.4 Å². The molecule has 14 heteroatoms. The first-order valence-corrected chi connectivity index (χ1v) is 19.8. The summed E-state index contributed by atoms with van der Waals surface area (Å²) in [6, 6.07) is 11.8. The average Bonchev–Trinajstić information content (AvgIpc) is 3.72. The van der Waals surface area contributed by atoms with Gasteiger partial charge in [0.1, 0.15) is 11.5 Å². The number of urea groups is 1. The molecule has 8 rings (SSSR count). The van der Waals surface area contributed by atoms with E-state index in [0.29, 0.717) is 41.9 Å². The minimum absolute atomic E-state index is 0.0246. The van der Waals surface area contributed by atoms with Crippen molar-refractivity contribution in [2.75, 3.05) is 72.4 Å². The summed E-state index contributed by atoms with van der Waals surface area (Å²) >= 11 is 0. The van der Waals surface area contributed by atoms with Crippen molar-refractivity contribution in [3.8, 4) is 0 Å². The van der Waals surface area contributed by atoms with Gasteiger partial charge in [-0.15, -0.1) is 0 Å². The molecule has 288 valence electrons. The summed E-state index contributed by atoms with van der Waals surface area (Å²) in [7, 11) is 0. The van der Waals surface area contributed by atoms with E-state index in [4.69, 9.17) is 4.98 Å². The molecular formula is C41H50N10O4. The lowest BCUT2D eigenvalue weighted by Crippen LogP contribution is -2.49. The first kappa shape index (κ1) is 36.6. The van der Waals surface area contributed by atoms with Crippen molar-refractivity contribution in [3.05, 3.63) is 70.3 Å². The van der Waals surface area contributed by atoms with E-state index in [0.717, 1.165) is 107 Å². The fourth-order valence-corrected chi connectivity index (χ4v) is 8.81. The van der Waals surface area contributed by atoms with Crippen molar-refractivity contribution >= 4 is 57.6 Å². The SMILES string of the molecule is CC(=O)c1c(C)c2cnc(Nc3ccc(N4CCN(CCC5CCN(c6cccc(N7CCC(=O)NC7=O)c6)CC5)CC4)cn3)nc2n(C2CCCC2)c1=O. The third-order valence-electron chi connectivity index (χ3n) is 12.0. The van der Waals surface area contributed by atoms with Gasteiger partial charge in [0.25, 0.3) is 5.56 Å². The molecule has 6 heterocycles. The molecule has 1 aliphatic carbocycles. The van der Waals surface area contributed by atoms with E-state index in [1.165, 1.54) is 13.3 Å². The van der Waals surface area contributed by atoms with Crippen molar-refractivity contribution in [2.24, 2.45) is 5.92 Å². The number of benzene rings is 1. The van der Waals surface area contributed by atoms with Crippen LogP contribution in [0.2, 0.25) is 0 Å². The molecule has 0 bridgehead atoms. The monoisotopic (exact) mass is 746 g/mol. The number of aromatic nitrogens is 4. The van der Waals surface area contributed by atoms with Crippen molar-refractivity contribution in [1.82, 2.24) is 29.7 Å². The maximum atomic E-state index is 13.6. The van der Waals surface area contributed by atoms with Crippen LogP contribution in [-0.4, -0.2) is 94.5 Å². The predicted octanol–water partition coefficient (Wildman–Crippen LogP) is 5.43. The average molecular weight is 747 g/mol. The molecule has 3 saturated heterocycles. The fraction of sp³-hybridized carbons (Fsp3) is 0.488. The van der Waals surface area contributed by atoms with Gasteiger partial charge in [0.2, 0.25) is 11.9 Å². The number of imide groups is 1. The quantitative estimate of drug-likeness (QED) is 0.200.